The van der Waals surface area contributed by atoms with E-state index in [0.717, 1.165) is 25.8 Å². The first-order chi connectivity index (χ1) is 10.5. The van der Waals surface area contributed by atoms with Crippen molar-refractivity contribution in [1.82, 2.24) is 15.5 Å². The SMILES string of the molecule is CCCCCNC[C@@H]1O[C@H](N2CCC(=O)NC2=O)C(O)C1O. The number of unbranched alkanes of at least 4 members (excludes halogenated alkanes) is 2. The van der Waals surface area contributed by atoms with Crippen molar-refractivity contribution in [3.63, 3.8) is 0 Å². The quantitative estimate of drug-likeness (QED) is 0.456. The van der Waals surface area contributed by atoms with Gasteiger partial charge in [0.05, 0.1) is 0 Å². The molecule has 0 saturated carbocycles. The number of rotatable bonds is 7. The Hall–Kier alpha value is -1.22. The normalized spacial score (nSPS) is 32.4. The first kappa shape index (κ1) is 17.1. The third kappa shape index (κ3) is 3.95. The maximum absolute atomic E-state index is 11.8. The molecular weight excluding hydrogens is 290 g/mol. The number of ether oxygens (including phenoxy) is 1. The zero-order chi connectivity index (χ0) is 16.1. The number of aliphatic hydroxyl groups excluding tert-OH is 2. The molecular formula is C14H25N3O5. The average molecular weight is 315 g/mol. The number of amides is 3. The predicted octanol–water partition coefficient (Wildman–Crippen LogP) is -0.845. The summed E-state index contributed by atoms with van der Waals surface area (Å²) in [5, 5.41) is 25.5. The summed E-state index contributed by atoms with van der Waals surface area (Å²) in [6.07, 6.45) is -0.272. The van der Waals surface area contributed by atoms with Crippen molar-refractivity contribution in [1.29, 1.82) is 0 Å². The van der Waals surface area contributed by atoms with Crippen LogP contribution in [0.2, 0.25) is 0 Å². The minimum atomic E-state index is -1.18. The largest absolute Gasteiger partial charge is 0.387 e. The molecule has 2 aliphatic rings. The Morgan fingerprint density at radius 1 is 1.32 bits per heavy atom. The molecule has 4 N–H and O–H groups in total. The highest BCUT2D eigenvalue weighted by Crippen LogP contribution is 2.25. The van der Waals surface area contributed by atoms with Crippen LogP contribution in [-0.4, -0.2) is 71.2 Å². The van der Waals surface area contributed by atoms with E-state index in [1.54, 1.807) is 0 Å². The van der Waals surface area contributed by atoms with Gasteiger partial charge >= 0.3 is 6.03 Å². The molecule has 0 aromatic rings. The Labute approximate surface area is 129 Å². The van der Waals surface area contributed by atoms with Crippen molar-refractivity contribution < 1.29 is 24.5 Å². The fourth-order valence-corrected chi connectivity index (χ4v) is 2.72. The maximum atomic E-state index is 11.8. The third-order valence-electron chi connectivity index (χ3n) is 4.03. The van der Waals surface area contributed by atoms with Crippen molar-refractivity contribution in [3.8, 4) is 0 Å². The van der Waals surface area contributed by atoms with Crippen LogP contribution in [0.15, 0.2) is 0 Å². The summed E-state index contributed by atoms with van der Waals surface area (Å²) in [6.45, 7) is 3.53. The van der Waals surface area contributed by atoms with E-state index >= 15 is 0 Å². The zero-order valence-electron chi connectivity index (χ0n) is 12.8. The highest BCUT2D eigenvalue weighted by atomic mass is 16.6. The molecule has 2 fully saturated rings. The molecule has 3 amide bonds. The van der Waals surface area contributed by atoms with E-state index in [1.165, 1.54) is 4.90 Å². The van der Waals surface area contributed by atoms with Crippen LogP contribution in [0, 0.1) is 0 Å². The van der Waals surface area contributed by atoms with Gasteiger partial charge in [-0.2, -0.15) is 0 Å². The molecule has 2 unspecified atom stereocenters. The molecule has 0 bridgehead atoms. The van der Waals surface area contributed by atoms with Crippen molar-refractivity contribution in [3.05, 3.63) is 0 Å². The van der Waals surface area contributed by atoms with Gasteiger partial charge in [-0.15, -0.1) is 0 Å². The van der Waals surface area contributed by atoms with E-state index in [2.05, 4.69) is 17.6 Å². The zero-order valence-corrected chi connectivity index (χ0v) is 12.8. The van der Waals surface area contributed by atoms with Gasteiger partial charge in [-0.05, 0) is 13.0 Å². The highest BCUT2D eigenvalue weighted by molar-refractivity contribution is 5.96. The molecule has 126 valence electrons. The first-order valence-corrected chi connectivity index (χ1v) is 7.87. The van der Waals surface area contributed by atoms with Crippen LogP contribution in [-0.2, 0) is 9.53 Å². The first-order valence-electron chi connectivity index (χ1n) is 7.87. The molecule has 0 radical (unpaired) electrons. The van der Waals surface area contributed by atoms with E-state index < -0.39 is 30.6 Å². The van der Waals surface area contributed by atoms with Crippen LogP contribution in [0.4, 0.5) is 4.79 Å². The second-order valence-corrected chi connectivity index (χ2v) is 5.75. The minimum absolute atomic E-state index is 0.161. The van der Waals surface area contributed by atoms with Gasteiger partial charge in [0.2, 0.25) is 5.91 Å². The Bertz CT molecular complexity index is 406. The van der Waals surface area contributed by atoms with Gasteiger partial charge in [0, 0.05) is 19.5 Å². The predicted molar refractivity (Wildman–Crippen MR) is 77.9 cm³/mol. The smallest absolute Gasteiger partial charge is 0.326 e. The number of nitrogens with zero attached hydrogens (tertiary/aromatic N) is 1. The number of carbonyl (C=O) groups excluding carboxylic acids is 2. The van der Waals surface area contributed by atoms with E-state index in [-0.39, 0.29) is 18.9 Å². The topological polar surface area (TPSA) is 111 Å². The second-order valence-electron chi connectivity index (χ2n) is 5.75. The van der Waals surface area contributed by atoms with Gasteiger partial charge in [-0.25, -0.2) is 4.79 Å². The molecule has 4 atom stereocenters. The number of hydrogen-bond acceptors (Lipinski definition) is 6. The Morgan fingerprint density at radius 2 is 2.09 bits per heavy atom. The van der Waals surface area contributed by atoms with Crippen molar-refractivity contribution in [2.24, 2.45) is 0 Å². The number of nitrogens with one attached hydrogen (secondary N) is 2. The standard InChI is InChI=1S/C14H25N3O5/c1-2-3-4-6-15-8-9-11(19)12(20)13(22-9)17-7-5-10(18)16-14(17)21/h9,11-13,15,19-20H,2-8H2,1H3,(H,16,18,21)/t9-,11?,12?,13-/m0/s1. The molecule has 2 rings (SSSR count). The number of imide groups is 1. The molecule has 2 aliphatic heterocycles. The Morgan fingerprint density at radius 3 is 2.77 bits per heavy atom. The summed E-state index contributed by atoms with van der Waals surface area (Å²) in [4.78, 5) is 24.2. The molecule has 0 aromatic carbocycles. The number of carbonyl (C=O) groups is 2. The second kappa shape index (κ2) is 7.87. The molecule has 2 heterocycles. The van der Waals surface area contributed by atoms with Crippen LogP contribution >= 0.6 is 0 Å². The summed E-state index contributed by atoms with van der Waals surface area (Å²) in [6, 6.07) is -0.593. The van der Waals surface area contributed by atoms with E-state index in [0.29, 0.717) is 6.54 Å². The van der Waals surface area contributed by atoms with E-state index in [4.69, 9.17) is 4.74 Å². The van der Waals surface area contributed by atoms with Gasteiger partial charge in [0.1, 0.15) is 18.3 Å². The van der Waals surface area contributed by atoms with Crippen molar-refractivity contribution in [2.45, 2.75) is 57.1 Å². The number of urea groups is 1. The third-order valence-corrected chi connectivity index (χ3v) is 4.03. The van der Waals surface area contributed by atoms with E-state index in [1.807, 2.05) is 0 Å². The highest BCUT2D eigenvalue weighted by Gasteiger charge is 2.47. The molecule has 0 aromatic heterocycles. The summed E-state index contributed by atoms with van der Waals surface area (Å²) in [5.74, 6) is -0.344. The van der Waals surface area contributed by atoms with Gasteiger partial charge in [-0.3, -0.25) is 15.0 Å². The minimum Gasteiger partial charge on any atom is -0.387 e. The molecule has 0 spiro atoms. The Balaban J connectivity index is 1.84. The van der Waals surface area contributed by atoms with Crippen LogP contribution in [0.5, 0.6) is 0 Å². The number of aliphatic hydroxyl groups is 2. The molecule has 2 saturated heterocycles. The lowest BCUT2D eigenvalue weighted by Crippen LogP contribution is -2.56. The molecule has 22 heavy (non-hydrogen) atoms. The van der Waals surface area contributed by atoms with Gasteiger partial charge in [0.25, 0.3) is 0 Å². The Kier molecular flexibility index (Phi) is 6.13. The fraction of sp³-hybridized carbons (Fsp3) is 0.857. The lowest BCUT2D eigenvalue weighted by molar-refractivity contribution is -0.125. The summed E-state index contributed by atoms with van der Waals surface area (Å²) < 4.78 is 5.63. The summed E-state index contributed by atoms with van der Waals surface area (Å²) in [5.41, 5.74) is 0. The summed E-state index contributed by atoms with van der Waals surface area (Å²) >= 11 is 0. The number of hydrogen-bond donors (Lipinski definition) is 4. The van der Waals surface area contributed by atoms with E-state index in [9.17, 15) is 19.8 Å². The summed E-state index contributed by atoms with van der Waals surface area (Å²) in [7, 11) is 0. The average Bonchev–Trinajstić information content (AvgIpc) is 2.75. The van der Waals surface area contributed by atoms with Crippen LogP contribution in [0.25, 0.3) is 0 Å². The molecule has 0 aliphatic carbocycles. The van der Waals surface area contributed by atoms with Crippen LogP contribution < -0.4 is 10.6 Å². The van der Waals surface area contributed by atoms with Crippen molar-refractivity contribution >= 4 is 11.9 Å². The molecule has 8 nitrogen and oxygen atoms in total. The fourth-order valence-electron chi connectivity index (χ4n) is 2.72. The van der Waals surface area contributed by atoms with Gasteiger partial charge in [-0.1, -0.05) is 19.8 Å². The van der Waals surface area contributed by atoms with Gasteiger partial charge < -0.3 is 20.3 Å². The monoisotopic (exact) mass is 315 g/mol. The lowest BCUT2D eigenvalue weighted by atomic mass is 10.1. The maximum Gasteiger partial charge on any atom is 0.326 e. The molecule has 8 heteroatoms. The van der Waals surface area contributed by atoms with Crippen molar-refractivity contribution in [2.75, 3.05) is 19.6 Å². The van der Waals surface area contributed by atoms with Crippen LogP contribution in [0.1, 0.15) is 32.6 Å². The lowest BCUT2D eigenvalue weighted by Gasteiger charge is -2.32. The van der Waals surface area contributed by atoms with Gasteiger partial charge in [0.15, 0.2) is 6.23 Å². The van der Waals surface area contributed by atoms with Crippen LogP contribution in [0.3, 0.4) is 0 Å².